The predicted octanol–water partition coefficient (Wildman–Crippen LogP) is 1.27. The minimum absolute atomic E-state index is 0.0774. The highest BCUT2D eigenvalue weighted by molar-refractivity contribution is 5.50. The molecule has 2 aromatic rings. The summed E-state index contributed by atoms with van der Waals surface area (Å²) in [7, 11) is 0. The molecule has 0 aliphatic carbocycles. The molecule has 0 spiro atoms. The number of hydrogen-bond donors (Lipinski definition) is 0. The Bertz CT molecular complexity index is 683. The van der Waals surface area contributed by atoms with E-state index in [-0.39, 0.29) is 6.10 Å². The van der Waals surface area contributed by atoms with Gasteiger partial charge in [-0.3, -0.25) is 0 Å². The van der Waals surface area contributed by atoms with Gasteiger partial charge in [0.25, 0.3) is 0 Å². The highest BCUT2D eigenvalue weighted by Crippen LogP contribution is 2.26. The van der Waals surface area contributed by atoms with Crippen molar-refractivity contribution in [3.05, 3.63) is 24.5 Å². The molecular weight excluding hydrogens is 306 g/mol. The summed E-state index contributed by atoms with van der Waals surface area (Å²) < 4.78 is 7.96. The van der Waals surface area contributed by atoms with Crippen LogP contribution in [0.3, 0.4) is 0 Å². The monoisotopic (exact) mass is 329 g/mol. The van der Waals surface area contributed by atoms with Crippen LogP contribution in [0.4, 0.5) is 11.6 Å². The third-order valence-corrected chi connectivity index (χ3v) is 4.73. The molecule has 128 valence electrons. The van der Waals surface area contributed by atoms with Crippen LogP contribution in [-0.2, 0) is 11.3 Å². The molecule has 4 heterocycles. The fourth-order valence-electron chi connectivity index (χ4n) is 3.40. The van der Waals surface area contributed by atoms with E-state index in [4.69, 9.17) is 4.74 Å². The Kier molecular flexibility index (Phi) is 4.29. The maximum absolute atomic E-state index is 5.93. The van der Waals surface area contributed by atoms with E-state index in [0.29, 0.717) is 6.61 Å². The lowest BCUT2D eigenvalue weighted by molar-refractivity contribution is 0.0313. The SMILES string of the molecule is CCn1cnnc1C1CN(c2cc(N3CCCC3)ncn2)CCO1. The maximum atomic E-state index is 5.93. The molecule has 8 nitrogen and oxygen atoms in total. The molecule has 0 N–H and O–H groups in total. The molecule has 2 aliphatic heterocycles. The molecule has 0 aromatic carbocycles. The number of hydrogen-bond acceptors (Lipinski definition) is 7. The topological polar surface area (TPSA) is 72.2 Å². The average Bonchev–Trinajstić information content (AvgIpc) is 3.33. The van der Waals surface area contributed by atoms with Gasteiger partial charge in [-0.05, 0) is 19.8 Å². The first kappa shape index (κ1) is 15.3. The summed E-state index contributed by atoms with van der Waals surface area (Å²) in [6, 6.07) is 2.10. The van der Waals surface area contributed by atoms with Crippen LogP contribution in [0.15, 0.2) is 18.7 Å². The van der Waals surface area contributed by atoms with Gasteiger partial charge in [0, 0.05) is 32.2 Å². The van der Waals surface area contributed by atoms with E-state index < -0.39 is 0 Å². The second-order valence-electron chi connectivity index (χ2n) is 6.21. The highest BCUT2D eigenvalue weighted by atomic mass is 16.5. The Balaban J connectivity index is 1.52. The molecule has 0 radical (unpaired) electrons. The Hall–Kier alpha value is -2.22. The molecule has 4 rings (SSSR count). The van der Waals surface area contributed by atoms with Crippen molar-refractivity contribution in [1.29, 1.82) is 0 Å². The lowest BCUT2D eigenvalue weighted by Crippen LogP contribution is -2.40. The minimum Gasteiger partial charge on any atom is -0.366 e. The number of ether oxygens (including phenoxy) is 1. The molecule has 24 heavy (non-hydrogen) atoms. The molecule has 2 aromatic heterocycles. The largest absolute Gasteiger partial charge is 0.366 e. The van der Waals surface area contributed by atoms with E-state index in [1.165, 1.54) is 12.8 Å². The third kappa shape index (κ3) is 2.93. The normalized spacial score (nSPS) is 21.5. The van der Waals surface area contributed by atoms with E-state index >= 15 is 0 Å². The van der Waals surface area contributed by atoms with E-state index in [2.05, 4.69) is 43.0 Å². The highest BCUT2D eigenvalue weighted by Gasteiger charge is 2.27. The number of anilines is 2. The van der Waals surface area contributed by atoms with E-state index in [1.807, 2.05) is 4.57 Å². The Morgan fingerprint density at radius 2 is 1.92 bits per heavy atom. The van der Waals surface area contributed by atoms with Crippen LogP contribution in [0.25, 0.3) is 0 Å². The first-order valence-electron chi connectivity index (χ1n) is 8.66. The molecule has 0 amide bonds. The van der Waals surface area contributed by atoms with Gasteiger partial charge in [0.1, 0.15) is 30.4 Å². The number of nitrogens with zero attached hydrogens (tertiary/aromatic N) is 7. The smallest absolute Gasteiger partial charge is 0.163 e. The second kappa shape index (κ2) is 6.72. The number of rotatable bonds is 4. The quantitative estimate of drug-likeness (QED) is 0.836. The van der Waals surface area contributed by atoms with Crippen molar-refractivity contribution < 1.29 is 4.74 Å². The van der Waals surface area contributed by atoms with Crippen molar-refractivity contribution >= 4 is 11.6 Å². The zero-order valence-corrected chi connectivity index (χ0v) is 14.0. The molecule has 8 heteroatoms. The van der Waals surface area contributed by atoms with Crippen LogP contribution in [0.5, 0.6) is 0 Å². The molecule has 1 atom stereocenters. The summed E-state index contributed by atoms with van der Waals surface area (Å²) in [6.07, 6.45) is 5.83. The van der Waals surface area contributed by atoms with Crippen molar-refractivity contribution in [3.8, 4) is 0 Å². The molecule has 0 bridgehead atoms. The maximum Gasteiger partial charge on any atom is 0.163 e. The minimum atomic E-state index is -0.0774. The number of morpholine rings is 1. The van der Waals surface area contributed by atoms with Crippen molar-refractivity contribution in [3.63, 3.8) is 0 Å². The van der Waals surface area contributed by atoms with Crippen molar-refractivity contribution in [2.45, 2.75) is 32.4 Å². The number of aromatic nitrogens is 5. The van der Waals surface area contributed by atoms with Gasteiger partial charge in [-0.1, -0.05) is 0 Å². The summed E-state index contributed by atoms with van der Waals surface area (Å²) >= 11 is 0. The number of aryl methyl sites for hydroxylation is 1. The molecule has 2 fully saturated rings. The summed E-state index contributed by atoms with van der Waals surface area (Å²) in [6.45, 7) is 7.31. The van der Waals surface area contributed by atoms with Gasteiger partial charge >= 0.3 is 0 Å². The lowest BCUT2D eigenvalue weighted by atomic mass is 10.2. The zero-order valence-electron chi connectivity index (χ0n) is 14.0. The van der Waals surface area contributed by atoms with Crippen molar-refractivity contribution in [2.24, 2.45) is 0 Å². The van der Waals surface area contributed by atoms with Gasteiger partial charge in [0.05, 0.1) is 13.2 Å². The van der Waals surface area contributed by atoms with Gasteiger partial charge < -0.3 is 19.1 Å². The standard InChI is InChI=1S/C16H23N7O/c1-2-21-12-19-20-16(21)13-10-23(7-8-24-13)15-9-14(17-11-18-15)22-5-3-4-6-22/h9,11-13H,2-8,10H2,1H3. The summed E-state index contributed by atoms with van der Waals surface area (Å²) in [4.78, 5) is 13.5. The van der Waals surface area contributed by atoms with Crippen LogP contribution in [-0.4, -0.2) is 57.5 Å². The van der Waals surface area contributed by atoms with E-state index in [0.717, 1.165) is 50.2 Å². The molecule has 2 aliphatic rings. The zero-order chi connectivity index (χ0) is 16.4. The molecule has 0 saturated carbocycles. The molecule has 2 saturated heterocycles. The van der Waals surface area contributed by atoms with Gasteiger partial charge in [-0.15, -0.1) is 10.2 Å². The molecular formula is C16H23N7O. The van der Waals surface area contributed by atoms with Crippen LogP contribution in [0, 0.1) is 0 Å². The van der Waals surface area contributed by atoms with Crippen molar-refractivity contribution in [2.75, 3.05) is 42.6 Å². The first-order chi connectivity index (χ1) is 11.8. The Morgan fingerprint density at radius 3 is 2.71 bits per heavy atom. The summed E-state index contributed by atoms with van der Waals surface area (Å²) in [5.74, 6) is 2.87. The summed E-state index contributed by atoms with van der Waals surface area (Å²) in [5.41, 5.74) is 0. The fraction of sp³-hybridized carbons (Fsp3) is 0.625. The first-order valence-corrected chi connectivity index (χ1v) is 8.66. The van der Waals surface area contributed by atoms with Gasteiger partial charge in [0.2, 0.25) is 0 Å². The van der Waals surface area contributed by atoms with Crippen LogP contribution in [0.2, 0.25) is 0 Å². The predicted molar refractivity (Wildman–Crippen MR) is 90.1 cm³/mol. The van der Waals surface area contributed by atoms with Crippen LogP contribution in [0.1, 0.15) is 31.7 Å². The van der Waals surface area contributed by atoms with Gasteiger partial charge in [-0.2, -0.15) is 0 Å². The van der Waals surface area contributed by atoms with Crippen LogP contribution >= 0.6 is 0 Å². The fourth-order valence-corrected chi connectivity index (χ4v) is 3.40. The van der Waals surface area contributed by atoms with Crippen LogP contribution < -0.4 is 9.80 Å². The third-order valence-electron chi connectivity index (χ3n) is 4.73. The Labute approximate surface area is 141 Å². The van der Waals surface area contributed by atoms with Crippen molar-refractivity contribution in [1.82, 2.24) is 24.7 Å². The van der Waals surface area contributed by atoms with E-state index in [9.17, 15) is 0 Å². The van der Waals surface area contributed by atoms with E-state index in [1.54, 1.807) is 12.7 Å². The summed E-state index contributed by atoms with van der Waals surface area (Å²) in [5, 5.41) is 8.25. The second-order valence-corrected chi connectivity index (χ2v) is 6.21. The average molecular weight is 329 g/mol. The molecule has 1 unspecified atom stereocenters. The Morgan fingerprint density at radius 1 is 1.12 bits per heavy atom. The van der Waals surface area contributed by atoms with Gasteiger partial charge in [0.15, 0.2) is 5.82 Å². The lowest BCUT2D eigenvalue weighted by Gasteiger charge is -2.33. The van der Waals surface area contributed by atoms with Gasteiger partial charge in [-0.25, -0.2) is 9.97 Å².